The normalized spacial score (nSPS) is 23.6. The number of aromatic amines is 1. The van der Waals surface area contributed by atoms with Gasteiger partial charge < -0.3 is 18.6 Å². The lowest BCUT2D eigenvalue weighted by Crippen LogP contribution is -2.35. The molecule has 0 saturated carbocycles. The first-order valence-corrected chi connectivity index (χ1v) is 10.8. The van der Waals surface area contributed by atoms with E-state index in [1.165, 1.54) is 10.8 Å². The van der Waals surface area contributed by atoms with Crippen LogP contribution < -0.4 is 11.2 Å². The van der Waals surface area contributed by atoms with Gasteiger partial charge in [0, 0.05) is 31.6 Å². The van der Waals surface area contributed by atoms with Crippen LogP contribution in [0.4, 0.5) is 0 Å². The zero-order valence-electron chi connectivity index (χ0n) is 18.6. The zero-order valence-corrected chi connectivity index (χ0v) is 18.5. The van der Waals surface area contributed by atoms with Gasteiger partial charge in [0.15, 0.2) is 0 Å². The molecule has 0 spiro atoms. The van der Waals surface area contributed by atoms with E-state index in [1.807, 2.05) is 0 Å². The van der Waals surface area contributed by atoms with Gasteiger partial charge in [0.25, 0.3) is 14.1 Å². The molecule has 1 aromatic rings. The fourth-order valence-electron chi connectivity index (χ4n) is 3.19. The average molecular weight is 427 g/mol. The molecule has 0 radical (unpaired) electrons. The molecule has 4 atom stereocenters. The lowest BCUT2D eigenvalue weighted by Gasteiger charge is -2.36. The Morgan fingerprint density at radius 2 is 2.14 bits per heavy atom. The molecule has 9 nitrogen and oxygen atoms in total. The minimum Gasteiger partial charge on any atom is -0.352 e. The highest BCUT2D eigenvalue weighted by molar-refractivity contribution is 7.44. The van der Waals surface area contributed by atoms with Gasteiger partial charge in [0.2, 0.25) is 6.54 Å². The Bertz CT molecular complexity index is 845. The molecule has 29 heavy (non-hydrogen) atoms. The summed E-state index contributed by atoms with van der Waals surface area (Å²) < 4.78 is 29.5. The molecule has 1 fully saturated rings. The molecular weight excluding hydrogens is 395 g/mol. The van der Waals surface area contributed by atoms with E-state index in [1.54, 1.807) is 6.92 Å². The Balaban J connectivity index is 2.24. The molecule has 162 valence electrons. The van der Waals surface area contributed by atoms with Gasteiger partial charge in [-0.05, 0) is 41.5 Å². The summed E-state index contributed by atoms with van der Waals surface area (Å²) in [7, 11) is -1.48. The van der Waals surface area contributed by atoms with Crippen molar-refractivity contribution < 1.29 is 15.2 Å². The second-order valence-corrected chi connectivity index (χ2v) is 8.91. The van der Waals surface area contributed by atoms with Gasteiger partial charge in [-0.25, -0.2) is 16.0 Å². The van der Waals surface area contributed by atoms with Crippen molar-refractivity contribution in [2.24, 2.45) is 0 Å². The number of nitrogens with zero attached hydrogens (tertiary/aromatic N) is 3. The maximum absolute atomic E-state index is 12.2. The summed E-state index contributed by atoms with van der Waals surface area (Å²) in [4.78, 5) is 29.5. The maximum atomic E-state index is 12.2. The van der Waals surface area contributed by atoms with Crippen molar-refractivity contribution in [3.05, 3.63) is 44.0 Å². The quantitative estimate of drug-likeness (QED) is 0.370. The lowest BCUT2D eigenvalue weighted by atomic mass is 10.2. The molecule has 0 bridgehead atoms. The Labute approximate surface area is 174 Å². The van der Waals surface area contributed by atoms with E-state index in [9.17, 15) is 9.59 Å². The molecule has 2 heterocycles. The summed E-state index contributed by atoms with van der Waals surface area (Å²) >= 11 is 0. The van der Waals surface area contributed by atoms with E-state index in [0.717, 1.165) is 0 Å². The lowest BCUT2D eigenvalue weighted by molar-refractivity contribution is -0.00878. The number of H-pyrrole nitrogens is 1. The fourth-order valence-corrected chi connectivity index (χ4v) is 4.94. The summed E-state index contributed by atoms with van der Waals surface area (Å²) in [5.74, 6) is 0. The van der Waals surface area contributed by atoms with Crippen LogP contribution in [-0.4, -0.2) is 51.7 Å². The molecular formula is C19H31N4O5P. The second kappa shape index (κ2) is 10.5. The smallest absolute Gasteiger partial charge is 0.330 e. The Kier molecular flexibility index (Phi) is 7.99. The highest BCUT2D eigenvalue weighted by Gasteiger charge is 2.39. The van der Waals surface area contributed by atoms with E-state index in [-0.39, 0.29) is 32.1 Å². The molecule has 2 rings (SSSR count). The van der Waals surface area contributed by atoms with Gasteiger partial charge in [0.1, 0.15) is 12.8 Å². The topological polar surface area (TPSA) is 90.2 Å². The molecule has 0 amide bonds. The first-order chi connectivity index (χ1) is 14.2. The van der Waals surface area contributed by atoms with Crippen LogP contribution in [0, 0.1) is 13.5 Å². The predicted molar refractivity (Wildman–Crippen MR) is 112 cm³/mol. The molecule has 1 saturated heterocycles. The minimum atomic E-state index is -1.48. The number of hydrogen-bond donors (Lipinski definition) is 1. The molecule has 1 aliphatic heterocycles. The second-order valence-electron chi connectivity index (χ2n) is 7.51. The van der Waals surface area contributed by atoms with Crippen LogP contribution in [0.1, 0.15) is 54.2 Å². The summed E-state index contributed by atoms with van der Waals surface area (Å²) in [5.41, 5.74) is -0.581. The first-order valence-electron chi connectivity index (χ1n) is 10.4. The van der Waals surface area contributed by atoms with Gasteiger partial charge in [-0.15, -0.1) is 0 Å². The summed E-state index contributed by atoms with van der Waals surface area (Å²) in [5, 5.41) is 0. The monoisotopic (exact) mass is 427 g/mol. The van der Waals surface area contributed by atoms with Crippen molar-refractivity contribution in [3.63, 3.8) is 0 Å². The number of ether oxygens (including phenoxy) is 1. The largest absolute Gasteiger partial charge is 0.352 e. The zero-order chi connectivity index (χ0) is 22.4. The van der Waals surface area contributed by atoms with Crippen LogP contribution in [-0.2, 0) is 13.8 Å². The Hall–Kier alpha value is -1.56. The van der Waals surface area contributed by atoms with Crippen molar-refractivity contribution in [1.82, 2.24) is 14.2 Å². The minimum absolute atomic E-state index is 0.0349. The standard InChI is InChI=1S/C19H31N4O5P/c1-12(2)23(13(3)4)29(26-9-8-20-7)28-16-10-17(27-15(16)6)22-11-14(5)18(24)21-19(22)25/h11-13,15-17H,8-10H2,1-6H3,(H,21,24,25)/t15-,16+,17-,29?/m1/s1/i6D. The number of aryl methyl sites for hydroxylation is 1. The van der Waals surface area contributed by atoms with Crippen molar-refractivity contribution in [2.45, 2.75) is 78.5 Å². The van der Waals surface area contributed by atoms with Crippen LogP contribution in [0.15, 0.2) is 15.8 Å². The summed E-state index contributed by atoms with van der Waals surface area (Å²) in [6.45, 7) is 17.3. The first kappa shape index (κ1) is 22.1. The molecule has 0 aliphatic carbocycles. The Morgan fingerprint density at radius 1 is 1.45 bits per heavy atom. The number of nitrogens with one attached hydrogen (secondary N) is 1. The number of rotatable bonds is 9. The molecule has 1 unspecified atom stereocenters. The van der Waals surface area contributed by atoms with Crippen LogP contribution in [0.3, 0.4) is 0 Å². The predicted octanol–water partition coefficient (Wildman–Crippen LogP) is 2.82. The van der Waals surface area contributed by atoms with Crippen LogP contribution in [0.25, 0.3) is 4.85 Å². The Morgan fingerprint density at radius 3 is 2.72 bits per heavy atom. The van der Waals surface area contributed by atoms with Gasteiger partial charge in [0.05, 0.1) is 12.2 Å². The maximum Gasteiger partial charge on any atom is 0.330 e. The van der Waals surface area contributed by atoms with Gasteiger partial charge in [-0.2, -0.15) is 0 Å². The van der Waals surface area contributed by atoms with Gasteiger partial charge in [-0.3, -0.25) is 14.3 Å². The van der Waals surface area contributed by atoms with Crippen LogP contribution in [0.2, 0.25) is 0 Å². The highest BCUT2D eigenvalue weighted by atomic mass is 31.2. The average Bonchev–Trinajstić information content (AvgIpc) is 3.06. The molecule has 1 aromatic heterocycles. The third-order valence-electron chi connectivity index (χ3n) is 4.51. The number of hydrogen-bond acceptors (Lipinski definition) is 6. The number of aromatic nitrogens is 2. The highest BCUT2D eigenvalue weighted by Crippen LogP contribution is 2.49. The third kappa shape index (κ3) is 5.97. The van der Waals surface area contributed by atoms with E-state index in [2.05, 4.69) is 42.2 Å². The van der Waals surface area contributed by atoms with Crippen LogP contribution in [0.5, 0.6) is 0 Å². The van der Waals surface area contributed by atoms with Gasteiger partial charge >= 0.3 is 5.69 Å². The molecule has 0 aromatic carbocycles. The molecule has 1 aliphatic rings. The van der Waals surface area contributed by atoms with Crippen molar-refractivity contribution in [3.8, 4) is 0 Å². The summed E-state index contributed by atoms with van der Waals surface area (Å²) in [6, 6.07) is 0.308. The van der Waals surface area contributed by atoms with E-state index < -0.39 is 38.2 Å². The summed E-state index contributed by atoms with van der Waals surface area (Å²) in [6.07, 6.45) is 0.193. The van der Waals surface area contributed by atoms with E-state index >= 15 is 0 Å². The SMILES string of the molecule is [2H]C[C@H]1O[C@@H](n2cc(C)c(=O)[nH]c2=O)C[C@@H]1OP(OCC[N+]#[C-])N(C(C)C)C(C)C. The fraction of sp³-hybridized carbons (Fsp3) is 0.737. The van der Waals surface area contributed by atoms with Crippen molar-refractivity contribution >= 4 is 8.53 Å². The van der Waals surface area contributed by atoms with Crippen molar-refractivity contribution in [2.75, 3.05) is 13.2 Å². The van der Waals surface area contributed by atoms with Gasteiger partial charge in [-0.1, -0.05) is 0 Å². The molecule has 1 N–H and O–H groups in total. The molecule has 10 heteroatoms. The van der Waals surface area contributed by atoms with E-state index in [4.69, 9.17) is 21.7 Å². The van der Waals surface area contributed by atoms with Crippen LogP contribution >= 0.6 is 8.53 Å². The van der Waals surface area contributed by atoms with Crippen molar-refractivity contribution in [1.29, 1.82) is 0 Å². The van der Waals surface area contributed by atoms with E-state index in [0.29, 0.717) is 12.0 Å². The third-order valence-corrected chi connectivity index (χ3v) is 6.67.